The number of nitrogens with two attached hydrogens (primary N) is 1. The van der Waals surface area contributed by atoms with E-state index in [0.717, 1.165) is 6.26 Å². The maximum atomic E-state index is 11.2. The van der Waals surface area contributed by atoms with Crippen molar-refractivity contribution in [1.29, 1.82) is 0 Å². The first-order valence-electron chi connectivity index (χ1n) is 3.17. The first kappa shape index (κ1) is 9.54. The molecule has 0 heterocycles. The standard InChI is InChI=1S/C7H8BrNO2S/c1-12(10,11)7-5(8)3-2-4-6(7)9/h2-4H,9H2,1H3. The van der Waals surface area contributed by atoms with Crippen molar-refractivity contribution >= 4 is 31.5 Å². The highest BCUT2D eigenvalue weighted by Gasteiger charge is 2.14. The smallest absolute Gasteiger partial charge is 0.178 e. The van der Waals surface area contributed by atoms with Gasteiger partial charge in [0.1, 0.15) is 4.90 Å². The molecule has 0 radical (unpaired) electrons. The molecule has 0 unspecified atom stereocenters. The number of nitrogen functional groups attached to an aromatic ring is 1. The van der Waals surface area contributed by atoms with Crippen molar-refractivity contribution in [1.82, 2.24) is 0 Å². The van der Waals surface area contributed by atoms with E-state index in [0.29, 0.717) is 4.47 Å². The molecule has 3 nitrogen and oxygen atoms in total. The Morgan fingerprint density at radius 2 is 2.00 bits per heavy atom. The minimum Gasteiger partial charge on any atom is -0.398 e. The number of rotatable bonds is 1. The fraction of sp³-hybridized carbons (Fsp3) is 0.143. The molecular formula is C7H8BrNO2S. The predicted molar refractivity (Wildman–Crippen MR) is 51.7 cm³/mol. The first-order chi connectivity index (χ1) is 5.43. The molecule has 0 aliphatic rings. The predicted octanol–water partition coefficient (Wildman–Crippen LogP) is 1.43. The van der Waals surface area contributed by atoms with E-state index in [1.54, 1.807) is 18.2 Å². The van der Waals surface area contributed by atoms with Crippen LogP contribution in [0.5, 0.6) is 0 Å². The van der Waals surface area contributed by atoms with E-state index in [2.05, 4.69) is 15.9 Å². The Kier molecular flexibility index (Phi) is 2.44. The highest BCUT2D eigenvalue weighted by molar-refractivity contribution is 9.10. The minimum absolute atomic E-state index is 0.157. The van der Waals surface area contributed by atoms with Crippen molar-refractivity contribution in [2.75, 3.05) is 12.0 Å². The first-order valence-corrected chi connectivity index (χ1v) is 5.85. The van der Waals surface area contributed by atoms with Crippen LogP contribution in [0, 0.1) is 0 Å². The number of halogens is 1. The van der Waals surface area contributed by atoms with Crippen molar-refractivity contribution in [2.45, 2.75) is 4.90 Å². The van der Waals surface area contributed by atoms with Crippen LogP contribution in [0.3, 0.4) is 0 Å². The third-order valence-corrected chi connectivity index (χ3v) is 3.49. The minimum atomic E-state index is -3.24. The van der Waals surface area contributed by atoms with Gasteiger partial charge in [0.25, 0.3) is 0 Å². The molecule has 0 atom stereocenters. The molecule has 2 N–H and O–H groups in total. The second-order valence-electron chi connectivity index (χ2n) is 2.43. The van der Waals surface area contributed by atoms with Crippen LogP contribution in [0.25, 0.3) is 0 Å². The second-order valence-corrected chi connectivity index (χ2v) is 5.24. The lowest BCUT2D eigenvalue weighted by molar-refractivity contribution is 0.602. The van der Waals surface area contributed by atoms with Gasteiger partial charge in [0.2, 0.25) is 0 Å². The van der Waals surface area contributed by atoms with Crippen LogP contribution in [0.15, 0.2) is 27.6 Å². The molecule has 0 bridgehead atoms. The molecule has 0 aliphatic carbocycles. The average Bonchev–Trinajstić information content (AvgIpc) is 1.82. The number of benzene rings is 1. The number of sulfone groups is 1. The van der Waals surface area contributed by atoms with Gasteiger partial charge in [-0.2, -0.15) is 0 Å². The summed E-state index contributed by atoms with van der Waals surface area (Å²) in [6.45, 7) is 0. The zero-order valence-electron chi connectivity index (χ0n) is 6.41. The van der Waals surface area contributed by atoms with Crippen molar-refractivity contribution in [3.63, 3.8) is 0 Å². The largest absolute Gasteiger partial charge is 0.398 e. The fourth-order valence-corrected chi connectivity index (χ4v) is 3.10. The third-order valence-electron chi connectivity index (χ3n) is 1.37. The lowest BCUT2D eigenvalue weighted by Gasteiger charge is -2.04. The van der Waals surface area contributed by atoms with E-state index in [-0.39, 0.29) is 10.6 Å². The number of hydrogen-bond donors (Lipinski definition) is 1. The summed E-state index contributed by atoms with van der Waals surface area (Å²) in [5.74, 6) is 0. The molecule has 0 saturated carbocycles. The van der Waals surface area contributed by atoms with E-state index in [1.807, 2.05) is 0 Å². The molecule has 0 aliphatic heterocycles. The molecule has 12 heavy (non-hydrogen) atoms. The summed E-state index contributed by atoms with van der Waals surface area (Å²) < 4.78 is 22.8. The van der Waals surface area contributed by atoms with Gasteiger partial charge in [0, 0.05) is 10.7 Å². The van der Waals surface area contributed by atoms with Gasteiger partial charge in [0.15, 0.2) is 9.84 Å². The molecule has 66 valence electrons. The SMILES string of the molecule is CS(=O)(=O)c1c(N)cccc1Br. The van der Waals surface area contributed by atoms with Gasteiger partial charge in [-0.15, -0.1) is 0 Å². The Morgan fingerprint density at radius 3 is 2.33 bits per heavy atom. The highest BCUT2D eigenvalue weighted by Crippen LogP contribution is 2.26. The van der Waals surface area contributed by atoms with Crippen LogP contribution in [0.1, 0.15) is 0 Å². The number of anilines is 1. The molecule has 1 aromatic carbocycles. The molecule has 0 spiro atoms. The Balaban J connectivity index is 3.53. The highest BCUT2D eigenvalue weighted by atomic mass is 79.9. The zero-order chi connectivity index (χ0) is 9.35. The van der Waals surface area contributed by atoms with Gasteiger partial charge in [0.05, 0.1) is 5.69 Å². The molecule has 0 amide bonds. The second kappa shape index (κ2) is 3.06. The van der Waals surface area contributed by atoms with Gasteiger partial charge in [-0.3, -0.25) is 0 Å². The maximum Gasteiger partial charge on any atom is 0.178 e. The quantitative estimate of drug-likeness (QED) is 0.767. The van der Waals surface area contributed by atoms with Crippen LogP contribution >= 0.6 is 15.9 Å². The van der Waals surface area contributed by atoms with E-state index in [1.165, 1.54) is 0 Å². The van der Waals surface area contributed by atoms with Gasteiger partial charge < -0.3 is 5.73 Å². The molecular weight excluding hydrogens is 242 g/mol. The van der Waals surface area contributed by atoms with Crippen LogP contribution in [-0.4, -0.2) is 14.7 Å². The lowest BCUT2D eigenvalue weighted by atomic mass is 10.3. The molecule has 5 heteroatoms. The summed E-state index contributed by atoms with van der Waals surface area (Å²) in [6.07, 6.45) is 1.13. The summed E-state index contributed by atoms with van der Waals surface area (Å²) in [5.41, 5.74) is 5.77. The maximum absolute atomic E-state index is 11.2. The lowest BCUT2D eigenvalue weighted by Crippen LogP contribution is -2.02. The van der Waals surface area contributed by atoms with Crippen molar-refractivity contribution in [3.05, 3.63) is 22.7 Å². The van der Waals surface area contributed by atoms with E-state index >= 15 is 0 Å². The summed E-state index contributed by atoms with van der Waals surface area (Å²) in [4.78, 5) is 0.157. The van der Waals surface area contributed by atoms with Crippen molar-refractivity contribution < 1.29 is 8.42 Å². The van der Waals surface area contributed by atoms with Crippen LogP contribution in [0.4, 0.5) is 5.69 Å². The van der Waals surface area contributed by atoms with E-state index < -0.39 is 9.84 Å². The molecule has 0 aromatic heterocycles. The monoisotopic (exact) mass is 249 g/mol. The van der Waals surface area contributed by atoms with E-state index in [4.69, 9.17) is 5.73 Å². The Hall–Kier alpha value is -0.550. The normalized spacial score (nSPS) is 11.5. The summed E-state index contributed by atoms with van der Waals surface area (Å²) >= 11 is 3.12. The van der Waals surface area contributed by atoms with Crippen molar-refractivity contribution in [3.8, 4) is 0 Å². The average molecular weight is 250 g/mol. The summed E-state index contributed by atoms with van der Waals surface area (Å²) in [6, 6.07) is 4.89. The van der Waals surface area contributed by atoms with Gasteiger partial charge in [-0.1, -0.05) is 6.07 Å². The van der Waals surface area contributed by atoms with Crippen molar-refractivity contribution in [2.24, 2.45) is 0 Å². The molecule has 0 fully saturated rings. The van der Waals surface area contributed by atoms with E-state index in [9.17, 15) is 8.42 Å². The van der Waals surface area contributed by atoms with Crippen LogP contribution < -0.4 is 5.73 Å². The fourth-order valence-electron chi connectivity index (χ4n) is 0.917. The van der Waals surface area contributed by atoms with Crippen LogP contribution in [-0.2, 0) is 9.84 Å². The topological polar surface area (TPSA) is 60.2 Å². The Bertz CT molecular complexity index is 380. The van der Waals surface area contributed by atoms with Gasteiger partial charge >= 0.3 is 0 Å². The molecule has 1 rings (SSSR count). The Morgan fingerprint density at radius 1 is 1.42 bits per heavy atom. The number of hydrogen-bond acceptors (Lipinski definition) is 3. The summed E-state index contributed by atoms with van der Waals surface area (Å²) in [5, 5.41) is 0. The third kappa shape index (κ3) is 1.78. The van der Waals surface area contributed by atoms with Gasteiger partial charge in [-0.25, -0.2) is 8.42 Å². The zero-order valence-corrected chi connectivity index (χ0v) is 8.81. The molecule has 0 saturated heterocycles. The molecule has 1 aromatic rings. The Labute approximate surface area is 79.6 Å². The van der Waals surface area contributed by atoms with Gasteiger partial charge in [-0.05, 0) is 28.1 Å². The summed E-state index contributed by atoms with van der Waals surface area (Å²) in [7, 11) is -3.24. The van der Waals surface area contributed by atoms with Crippen LogP contribution in [0.2, 0.25) is 0 Å².